The first-order chi connectivity index (χ1) is 7.24. The summed E-state index contributed by atoms with van der Waals surface area (Å²) in [6.45, 7) is 2.09. The van der Waals surface area contributed by atoms with Crippen LogP contribution in [0, 0.1) is 6.92 Å². The lowest BCUT2D eigenvalue weighted by atomic mass is 9.98. The van der Waals surface area contributed by atoms with Crippen molar-refractivity contribution in [2.24, 2.45) is 0 Å². The normalized spacial score (nSPS) is 13.0. The highest BCUT2D eigenvalue weighted by molar-refractivity contribution is 9.09. The minimum Gasteiger partial charge on any atom is -0.388 e. The molecule has 0 spiro atoms. The molecule has 1 atom stereocenters. The standard InChI is InChI=1S/C13H13BrO/c1-9-6-7-12(13(15)8-14)11-5-3-2-4-10(9)11/h2-7,13,15H,8H2,1H3/t13-/m0/s1. The fourth-order valence-electron chi connectivity index (χ4n) is 1.85. The van der Waals surface area contributed by atoms with Crippen molar-refractivity contribution in [2.45, 2.75) is 13.0 Å². The average molecular weight is 265 g/mol. The number of aliphatic hydroxyl groups is 1. The number of hydrogen-bond donors (Lipinski definition) is 1. The summed E-state index contributed by atoms with van der Waals surface area (Å²) in [5, 5.41) is 12.8. The Morgan fingerprint density at radius 3 is 2.47 bits per heavy atom. The average Bonchev–Trinajstić information content (AvgIpc) is 2.29. The molecule has 0 fully saturated rings. The van der Waals surface area contributed by atoms with Crippen molar-refractivity contribution in [2.75, 3.05) is 5.33 Å². The fourth-order valence-corrected chi connectivity index (χ4v) is 2.20. The highest BCUT2D eigenvalue weighted by atomic mass is 79.9. The smallest absolute Gasteiger partial charge is 0.0892 e. The largest absolute Gasteiger partial charge is 0.388 e. The Balaban J connectivity index is 2.71. The number of benzene rings is 2. The second kappa shape index (κ2) is 4.33. The van der Waals surface area contributed by atoms with Gasteiger partial charge in [-0.3, -0.25) is 0 Å². The van der Waals surface area contributed by atoms with E-state index in [2.05, 4.69) is 41.1 Å². The number of rotatable bonds is 2. The lowest BCUT2D eigenvalue weighted by molar-refractivity contribution is 0.207. The van der Waals surface area contributed by atoms with Crippen LogP contribution in [0.1, 0.15) is 17.2 Å². The first-order valence-electron chi connectivity index (χ1n) is 4.96. The zero-order valence-electron chi connectivity index (χ0n) is 8.57. The van der Waals surface area contributed by atoms with E-state index in [1.807, 2.05) is 18.2 Å². The molecule has 2 aromatic carbocycles. The molecule has 0 unspecified atom stereocenters. The third-order valence-electron chi connectivity index (χ3n) is 2.68. The van der Waals surface area contributed by atoms with Crippen LogP contribution < -0.4 is 0 Å². The first-order valence-corrected chi connectivity index (χ1v) is 6.08. The monoisotopic (exact) mass is 264 g/mol. The highest BCUT2D eigenvalue weighted by Gasteiger charge is 2.10. The van der Waals surface area contributed by atoms with Crippen molar-refractivity contribution in [1.82, 2.24) is 0 Å². The third kappa shape index (κ3) is 1.92. The Hall–Kier alpha value is -0.860. The summed E-state index contributed by atoms with van der Waals surface area (Å²) in [6.07, 6.45) is -0.435. The van der Waals surface area contributed by atoms with Gasteiger partial charge in [0.15, 0.2) is 0 Å². The molecule has 0 saturated heterocycles. The lowest BCUT2D eigenvalue weighted by Crippen LogP contribution is -1.99. The third-order valence-corrected chi connectivity index (χ3v) is 3.29. The van der Waals surface area contributed by atoms with Crippen LogP contribution in [-0.2, 0) is 0 Å². The van der Waals surface area contributed by atoms with E-state index in [0.29, 0.717) is 5.33 Å². The number of aryl methyl sites for hydroxylation is 1. The van der Waals surface area contributed by atoms with Crippen molar-refractivity contribution in [3.8, 4) is 0 Å². The quantitative estimate of drug-likeness (QED) is 0.823. The summed E-state index contributed by atoms with van der Waals surface area (Å²) in [5.41, 5.74) is 2.24. The second-order valence-corrected chi connectivity index (χ2v) is 4.33. The van der Waals surface area contributed by atoms with Crippen molar-refractivity contribution in [3.05, 3.63) is 47.5 Å². The zero-order chi connectivity index (χ0) is 10.8. The molecular weight excluding hydrogens is 252 g/mol. The van der Waals surface area contributed by atoms with Crippen LogP contribution in [0.5, 0.6) is 0 Å². The van der Waals surface area contributed by atoms with Gasteiger partial charge < -0.3 is 5.11 Å². The molecule has 78 valence electrons. The molecule has 0 aromatic heterocycles. The minimum atomic E-state index is -0.435. The number of alkyl halides is 1. The van der Waals surface area contributed by atoms with Crippen LogP contribution in [0.2, 0.25) is 0 Å². The molecule has 1 nitrogen and oxygen atoms in total. The van der Waals surface area contributed by atoms with E-state index < -0.39 is 6.10 Å². The van der Waals surface area contributed by atoms with Gasteiger partial charge in [0, 0.05) is 5.33 Å². The lowest BCUT2D eigenvalue weighted by Gasteiger charge is -2.12. The van der Waals surface area contributed by atoms with Crippen LogP contribution >= 0.6 is 15.9 Å². The molecule has 2 heteroatoms. The number of hydrogen-bond acceptors (Lipinski definition) is 1. The molecule has 0 radical (unpaired) electrons. The van der Waals surface area contributed by atoms with Crippen LogP contribution in [-0.4, -0.2) is 10.4 Å². The molecule has 0 amide bonds. The summed E-state index contributed by atoms with van der Waals surface area (Å²) in [7, 11) is 0. The molecule has 0 aliphatic rings. The molecule has 15 heavy (non-hydrogen) atoms. The molecule has 0 saturated carbocycles. The Bertz CT molecular complexity index is 479. The van der Waals surface area contributed by atoms with Gasteiger partial charge in [-0.25, -0.2) is 0 Å². The summed E-state index contributed by atoms with van der Waals surface area (Å²) in [6, 6.07) is 12.2. The molecule has 1 N–H and O–H groups in total. The van der Waals surface area contributed by atoms with Gasteiger partial charge in [0.1, 0.15) is 0 Å². The summed E-state index contributed by atoms with van der Waals surface area (Å²) in [4.78, 5) is 0. The molecule has 0 heterocycles. The van der Waals surface area contributed by atoms with Gasteiger partial charge in [-0.2, -0.15) is 0 Å². The topological polar surface area (TPSA) is 20.2 Å². The van der Waals surface area contributed by atoms with Gasteiger partial charge in [-0.05, 0) is 28.8 Å². The highest BCUT2D eigenvalue weighted by Crippen LogP contribution is 2.27. The van der Waals surface area contributed by atoms with Gasteiger partial charge in [-0.15, -0.1) is 0 Å². The molecule has 0 aliphatic carbocycles. The van der Waals surface area contributed by atoms with E-state index in [1.165, 1.54) is 10.9 Å². The van der Waals surface area contributed by atoms with E-state index in [-0.39, 0.29) is 0 Å². The molecule has 2 aromatic rings. The molecule has 2 rings (SSSR count). The Kier molecular flexibility index (Phi) is 3.08. The predicted molar refractivity (Wildman–Crippen MR) is 67.4 cm³/mol. The summed E-state index contributed by atoms with van der Waals surface area (Å²) < 4.78 is 0. The SMILES string of the molecule is Cc1ccc([C@@H](O)CBr)c2ccccc12. The molecule has 0 bridgehead atoms. The van der Waals surface area contributed by atoms with Gasteiger partial charge in [0.2, 0.25) is 0 Å². The molecular formula is C13H13BrO. The number of halogens is 1. The Labute approximate surface area is 97.9 Å². The first kappa shape index (κ1) is 10.7. The van der Waals surface area contributed by atoms with Gasteiger partial charge >= 0.3 is 0 Å². The maximum atomic E-state index is 9.87. The van der Waals surface area contributed by atoms with E-state index in [9.17, 15) is 5.11 Å². The van der Waals surface area contributed by atoms with E-state index in [4.69, 9.17) is 0 Å². The zero-order valence-corrected chi connectivity index (χ0v) is 10.2. The Morgan fingerprint density at radius 1 is 1.13 bits per heavy atom. The summed E-state index contributed by atoms with van der Waals surface area (Å²) in [5.74, 6) is 0. The second-order valence-electron chi connectivity index (χ2n) is 3.69. The van der Waals surface area contributed by atoms with E-state index in [1.54, 1.807) is 0 Å². The van der Waals surface area contributed by atoms with Gasteiger partial charge in [-0.1, -0.05) is 52.3 Å². The van der Waals surface area contributed by atoms with Crippen molar-refractivity contribution in [1.29, 1.82) is 0 Å². The van der Waals surface area contributed by atoms with Crippen LogP contribution in [0.4, 0.5) is 0 Å². The van der Waals surface area contributed by atoms with Gasteiger partial charge in [0.25, 0.3) is 0 Å². The number of aliphatic hydroxyl groups excluding tert-OH is 1. The van der Waals surface area contributed by atoms with Crippen LogP contribution in [0.15, 0.2) is 36.4 Å². The van der Waals surface area contributed by atoms with Gasteiger partial charge in [0.05, 0.1) is 6.10 Å². The van der Waals surface area contributed by atoms with Crippen LogP contribution in [0.3, 0.4) is 0 Å². The van der Waals surface area contributed by atoms with Crippen molar-refractivity contribution in [3.63, 3.8) is 0 Å². The van der Waals surface area contributed by atoms with Crippen molar-refractivity contribution >= 4 is 26.7 Å². The van der Waals surface area contributed by atoms with Crippen molar-refractivity contribution < 1.29 is 5.11 Å². The van der Waals surface area contributed by atoms with E-state index in [0.717, 1.165) is 10.9 Å². The maximum absolute atomic E-state index is 9.87. The fraction of sp³-hybridized carbons (Fsp3) is 0.231. The van der Waals surface area contributed by atoms with E-state index >= 15 is 0 Å². The Morgan fingerprint density at radius 2 is 1.80 bits per heavy atom. The van der Waals surface area contributed by atoms with Crippen LogP contribution in [0.25, 0.3) is 10.8 Å². The molecule has 0 aliphatic heterocycles. The summed E-state index contributed by atoms with van der Waals surface area (Å²) >= 11 is 3.31. The minimum absolute atomic E-state index is 0.435. The predicted octanol–water partition coefficient (Wildman–Crippen LogP) is 3.58. The maximum Gasteiger partial charge on any atom is 0.0892 e. The number of fused-ring (bicyclic) bond motifs is 1.